The molecule has 1 saturated heterocycles. The number of nitrogens with zero attached hydrogens (tertiary/aromatic N) is 3. The second-order valence-corrected chi connectivity index (χ2v) is 6.00. The molecule has 15 heavy (non-hydrogen) atoms. The second-order valence-electron chi connectivity index (χ2n) is 4.03. The molecule has 1 fully saturated rings. The molecule has 0 aliphatic carbocycles. The maximum absolute atomic E-state index is 11.6. The van der Waals surface area contributed by atoms with Gasteiger partial charge in [0.2, 0.25) is 10.0 Å². The van der Waals surface area contributed by atoms with Crippen molar-refractivity contribution in [3.63, 3.8) is 0 Å². The summed E-state index contributed by atoms with van der Waals surface area (Å²) < 4.78 is 24.7. The predicted molar refractivity (Wildman–Crippen MR) is 57.7 cm³/mol. The van der Waals surface area contributed by atoms with E-state index in [1.165, 1.54) is 4.31 Å². The highest BCUT2D eigenvalue weighted by atomic mass is 32.2. The van der Waals surface area contributed by atoms with Gasteiger partial charge in [0.1, 0.15) is 0 Å². The van der Waals surface area contributed by atoms with Gasteiger partial charge in [0.25, 0.3) is 0 Å². The Kier molecular flexibility index (Phi) is 4.08. The normalized spacial score (nSPS) is 24.0. The first kappa shape index (κ1) is 12.4. The Morgan fingerprint density at radius 1 is 1.53 bits per heavy atom. The first-order chi connectivity index (χ1) is 6.97. The van der Waals surface area contributed by atoms with Crippen LogP contribution in [0.3, 0.4) is 0 Å². The molecule has 0 saturated carbocycles. The predicted octanol–water partition coefficient (Wildman–Crippen LogP) is -0.134. The Balaban J connectivity index is 2.69. The molecule has 0 aromatic rings. The number of rotatable bonds is 3. The third kappa shape index (κ3) is 3.16. The molecule has 0 radical (unpaired) electrons. The van der Waals surface area contributed by atoms with Crippen molar-refractivity contribution in [2.75, 3.05) is 32.9 Å². The lowest BCUT2D eigenvalue weighted by atomic mass is 10.1. The summed E-state index contributed by atoms with van der Waals surface area (Å²) in [7, 11) is 0.545. The Labute approximate surface area is 91.3 Å². The monoisotopic (exact) mass is 231 g/mol. The summed E-state index contributed by atoms with van der Waals surface area (Å²) in [5.74, 6) is -0.410. The third-order valence-corrected chi connectivity index (χ3v) is 4.34. The smallest absolute Gasteiger partial charge is 0.227 e. The van der Waals surface area contributed by atoms with Gasteiger partial charge in [0.15, 0.2) is 5.75 Å². The van der Waals surface area contributed by atoms with Crippen molar-refractivity contribution in [1.29, 1.82) is 5.26 Å². The van der Waals surface area contributed by atoms with E-state index < -0.39 is 15.8 Å². The van der Waals surface area contributed by atoms with Crippen LogP contribution in [0.2, 0.25) is 0 Å². The van der Waals surface area contributed by atoms with Gasteiger partial charge in [-0.1, -0.05) is 0 Å². The lowest BCUT2D eigenvalue weighted by Crippen LogP contribution is -2.47. The van der Waals surface area contributed by atoms with E-state index in [-0.39, 0.29) is 6.04 Å². The summed E-state index contributed by atoms with van der Waals surface area (Å²) in [6, 6.07) is 1.98. The summed E-state index contributed by atoms with van der Waals surface area (Å²) >= 11 is 0. The first-order valence-corrected chi connectivity index (χ1v) is 6.59. The fraction of sp³-hybridized carbons (Fsp3) is 0.889. The van der Waals surface area contributed by atoms with Crippen molar-refractivity contribution in [3.8, 4) is 6.07 Å². The topological polar surface area (TPSA) is 64.4 Å². The van der Waals surface area contributed by atoms with Crippen molar-refractivity contribution >= 4 is 10.0 Å². The molecular weight excluding hydrogens is 214 g/mol. The molecule has 1 atom stereocenters. The van der Waals surface area contributed by atoms with Gasteiger partial charge in [-0.05, 0) is 26.9 Å². The largest absolute Gasteiger partial charge is 0.305 e. The van der Waals surface area contributed by atoms with Crippen LogP contribution in [0.15, 0.2) is 0 Å². The highest BCUT2D eigenvalue weighted by molar-refractivity contribution is 7.89. The van der Waals surface area contributed by atoms with E-state index in [0.29, 0.717) is 13.1 Å². The van der Waals surface area contributed by atoms with Crippen molar-refractivity contribution in [3.05, 3.63) is 0 Å². The van der Waals surface area contributed by atoms with Crippen LogP contribution in [0.5, 0.6) is 0 Å². The average molecular weight is 231 g/mol. The van der Waals surface area contributed by atoms with Crippen molar-refractivity contribution < 1.29 is 8.42 Å². The lowest BCUT2D eigenvalue weighted by Gasteiger charge is -2.34. The Bertz CT molecular complexity index is 345. The van der Waals surface area contributed by atoms with Crippen LogP contribution in [0.1, 0.15) is 12.8 Å². The fourth-order valence-corrected chi connectivity index (χ4v) is 2.92. The van der Waals surface area contributed by atoms with E-state index >= 15 is 0 Å². The van der Waals surface area contributed by atoms with Gasteiger partial charge in [0.05, 0.1) is 6.07 Å². The molecular formula is C9H17N3O2S. The van der Waals surface area contributed by atoms with E-state index in [4.69, 9.17) is 5.26 Å². The van der Waals surface area contributed by atoms with Gasteiger partial charge >= 0.3 is 0 Å². The molecule has 1 unspecified atom stereocenters. The summed E-state index contributed by atoms with van der Waals surface area (Å²) in [4.78, 5) is 2.04. The second kappa shape index (κ2) is 4.92. The number of likely N-dealkylation sites (N-methyl/N-ethyl adjacent to an activating group) is 1. The molecule has 0 amide bonds. The molecule has 86 valence electrons. The van der Waals surface area contributed by atoms with Crippen LogP contribution >= 0.6 is 0 Å². The van der Waals surface area contributed by atoms with Gasteiger partial charge in [-0.3, -0.25) is 0 Å². The van der Waals surface area contributed by atoms with Gasteiger partial charge in [-0.15, -0.1) is 0 Å². The van der Waals surface area contributed by atoms with Crippen molar-refractivity contribution in [2.24, 2.45) is 0 Å². The molecule has 0 aromatic heterocycles. The highest BCUT2D eigenvalue weighted by Gasteiger charge is 2.29. The van der Waals surface area contributed by atoms with Gasteiger partial charge in [-0.25, -0.2) is 8.42 Å². The number of piperidine rings is 1. The quantitative estimate of drug-likeness (QED) is 0.678. The minimum atomic E-state index is -3.35. The van der Waals surface area contributed by atoms with E-state index in [1.807, 2.05) is 19.0 Å². The summed E-state index contributed by atoms with van der Waals surface area (Å²) in [6.07, 6.45) is 1.89. The van der Waals surface area contributed by atoms with Crippen LogP contribution < -0.4 is 0 Å². The van der Waals surface area contributed by atoms with Gasteiger partial charge < -0.3 is 4.90 Å². The fourth-order valence-electron chi connectivity index (χ4n) is 1.77. The molecule has 0 N–H and O–H groups in total. The Morgan fingerprint density at radius 2 is 2.20 bits per heavy atom. The summed E-state index contributed by atoms with van der Waals surface area (Å²) in [5.41, 5.74) is 0. The first-order valence-electron chi connectivity index (χ1n) is 4.98. The van der Waals surface area contributed by atoms with Gasteiger partial charge in [0, 0.05) is 19.1 Å². The number of sulfonamides is 1. The lowest BCUT2D eigenvalue weighted by molar-refractivity contribution is 0.190. The Morgan fingerprint density at radius 3 is 2.73 bits per heavy atom. The van der Waals surface area contributed by atoms with Crippen LogP contribution in [0.25, 0.3) is 0 Å². The molecule has 5 nitrogen and oxygen atoms in total. The minimum Gasteiger partial charge on any atom is -0.305 e. The Hall–Kier alpha value is -0.640. The van der Waals surface area contributed by atoms with Crippen LogP contribution in [-0.4, -0.2) is 56.6 Å². The molecule has 0 aromatic carbocycles. The molecule has 1 heterocycles. The number of hydrogen-bond acceptors (Lipinski definition) is 4. The number of nitriles is 1. The zero-order chi connectivity index (χ0) is 11.5. The number of hydrogen-bond donors (Lipinski definition) is 0. The van der Waals surface area contributed by atoms with Crippen molar-refractivity contribution in [1.82, 2.24) is 9.21 Å². The molecule has 1 aliphatic rings. The van der Waals surface area contributed by atoms with E-state index in [0.717, 1.165) is 12.8 Å². The minimum absolute atomic E-state index is 0.271. The molecule has 0 bridgehead atoms. The SMILES string of the molecule is CN(C)C1CCCN(S(=O)(=O)CC#N)C1. The van der Waals surface area contributed by atoms with Crippen molar-refractivity contribution in [2.45, 2.75) is 18.9 Å². The molecule has 1 rings (SSSR count). The van der Waals surface area contributed by atoms with Crippen LogP contribution in [-0.2, 0) is 10.0 Å². The van der Waals surface area contributed by atoms with E-state index in [2.05, 4.69) is 0 Å². The third-order valence-electron chi connectivity index (χ3n) is 2.73. The van der Waals surface area contributed by atoms with E-state index in [1.54, 1.807) is 6.07 Å². The molecule has 1 aliphatic heterocycles. The standard InChI is InChI=1S/C9H17N3O2S/c1-11(2)9-4-3-6-12(8-9)15(13,14)7-5-10/h9H,3-4,6-8H2,1-2H3. The van der Waals surface area contributed by atoms with Crippen LogP contribution in [0, 0.1) is 11.3 Å². The maximum atomic E-state index is 11.6. The maximum Gasteiger partial charge on any atom is 0.227 e. The summed E-state index contributed by atoms with van der Waals surface area (Å²) in [5, 5.41) is 8.44. The van der Waals surface area contributed by atoms with Crippen LogP contribution in [0.4, 0.5) is 0 Å². The highest BCUT2D eigenvalue weighted by Crippen LogP contribution is 2.16. The molecule has 6 heteroatoms. The zero-order valence-corrected chi connectivity index (χ0v) is 10.00. The molecule has 0 spiro atoms. The summed E-state index contributed by atoms with van der Waals surface area (Å²) in [6.45, 7) is 1.06. The average Bonchev–Trinajstić information content (AvgIpc) is 2.18. The zero-order valence-electron chi connectivity index (χ0n) is 9.18. The van der Waals surface area contributed by atoms with Gasteiger partial charge in [-0.2, -0.15) is 9.57 Å². The van der Waals surface area contributed by atoms with E-state index in [9.17, 15) is 8.42 Å².